The maximum atomic E-state index is 14.4. The van der Waals surface area contributed by atoms with Gasteiger partial charge in [-0.3, -0.25) is 18.5 Å². The van der Waals surface area contributed by atoms with Gasteiger partial charge < -0.3 is 18.9 Å². The van der Waals surface area contributed by atoms with Crippen LogP contribution < -0.4 is 11.2 Å². The van der Waals surface area contributed by atoms with Crippen molar-refractivity contribution >= 4 is 29.1 Å². The van der Waals surface area contributed by atoms with Crippen LogP contribution in [0.5, 0.6) is 0 Å². The van der Waals surface area contributed by atoms with Gasteiger partial charge in [0.1, 0.15) is 19.0 Å². The smallest absolute Gasteiger partial charge is 0.338 e. The van der Waals surface area contributed by atoms with Crippen molar-refractivity contribution in [2.24, 2.45) is 0 Å². The summed E-state index contributed by atoms with van der Waals surface area (Å²) >= 11 is 0. The Hall–Kier alpha value is -5.82. The Labute approximate surface area is 324 Å². The van der Waals surface area contributed by atoms with Crippen molar-refractivity contribution in [1.29, 1.82) is 0 Å². The highest BCUT2D eigenvalue weighted by molar-refractivity contribution is 5.91. The largest absolute Gasteiger partial charge is 0.459 e. The van der Waals surface area contributed by atoms with E-state index in [9.17, 15) is 24.0 Å². The Morgan fingerprint density at radius 2 is 1.14 bits per heavy atom. The van der Waals surface area contributed by atoms with Crippen LogP contribution in [0.15, 0.2) is 107 Å². The van der Waals surface area contributed by atoms with E-state index in [2.05, 4.69) is 18.8 Å². The van der Waals surface area contributed by atoms with Crippen molar-refractivity contribution in [3.63, 3.8) is 0 Å². The predicted molar refractivity (Wildman–Crippen MR) is 208 cm³/mol. The van der Waals surface area contributed by atoms with Crippen molar-refractivity contribution in [3.05, 3.63) is 135 Å². The van der Waals surface area contributed by atoms with Crippen LogP contribution in [0.1, 0.15) is 103 Å². The Bertz CT molecular complexity index is 2200. The molecule has 3 aromatic carbocycles. The SMILES string of the molecule is CCCCCCn1c(=O)c2c(ncn2[C@@H]2O[C@H](COC(=O)c3ccccc3)[C@@H](OC(=O)c3ccccc3)[C@H]2OC(=O)c2ccccc2)n(CCCCCC)c1=O. The molecule has 5 aromatic rings. The summed E-state index contributed by atoms with van der Waals surface area (Å²) in [5.41, 5.74) is -0.0348. The molecule has 1 aliphatic rings. The average Bonchev–Trinajstić information content (AvgIpc) is 3.81. The fourth-order valence-electron chi connectivity index (χ4n) is 6.87. The number of nitrogens with zero attached hydrogens (tertiary/aromatic N) is 4. The third-order valence-electron chi connectivity index (χ3n) is 9.86. The number of imidazole rings is 1. The van der Waals surface area contributed by atoms with E-state index in [1.165, 1.54) is 20.0 Å². The number of carbonyl (C=O) groups is 3. The first kappa shape index (κ1) is 39.9. The molecule has 3 heterocycles. The summed E-state index contributed by atoms with van der Waals surface area (Å²) in [6.07, 6.45) is 3.24. The molecule has 4 atom stereocenters. The maximum absolute atomic E-state index is 14.4. The van der Waals surface area contributed by atoms with E-state index in [1.807, 2.05) is 0 Å². The third-order valence-corrected chi connectivity index (χ3v) is 9.86. The highest BCUT2D eigenvalue weighted by Gasteiger charge is 2.52. The predicted octanol–water partition coefficient (Wildman–Crippen LogP) is 6.73. The number of hydrogen-bond donors (Lipinski definition) is 0. The van der Waals surface area contributed by atoms with Gasteiger partial charge in [-0.05, 0) is 49.2 Å². The van der Waals surface area contributed by atoms with Crippen molar-refractivity contribution in [3.8, 4) is 0 Å². The lowest BCUT2D eigenvalue weighted by atomic mass is 10.1. The molecule has 56 heavy (non-hydrogen) atoms. The number of rotatable bonds is 18. The molecule has 0 spiro atoms. The molecule has 13 heteroatoms. The molecule has 0 saturated carbocycles. The van der Waals surface area contributed by atoms with Gasteiger partial charge in [-0.25, -0.2) is 24.2 Å². The first-order valence-electron chi connectivity index (χ1n) is 19.4. The molecular formula is C43H48N4O9. The number of unbranched alkanes of at least 4 members (excludes halogenated alkanes) is 6. The molecule has 0 aliphatic carbocycles. The van der Waals surface area contributed by atoms with Gasteiger partial charge in [0.2, 0.25) is 0 Å². The molecule has 2 aromatic heterocycles. The Morgan fingerprint density at radius 3 is 1.68 bits per heavy atom. The highest BCUT2D eigenvalue weighted by atomic mass is 16.7. The second-order valence-electron chi connectivity index (χ2n) is 13.8. The van der Waals surface area contributed by atoms with E-state index in [-0.39, 0.29) is 28.8 Å². The van der Waals surface area contributed by atoms with E-state index in [0.29, 0.717) is 24.9 Å². The maximum Gasteiger partial charge on any atom is 0.338 e. The van der Waals surface area contributed by atoms with Gasteiger partial charge >= 0.3 is 23.6 Å². The summed E-state index contributed by atoms with van der Waals surface area (Å²) in [7, 11) is 0. The number of ether oxygens (including phenoxy) is 4. The molecule has 1 aliphatic heterocycles. The zero-order valence-corrected chi connectivity index (χ0v) is 31.8. The van der Waals surface area contributed by atoms with E-state index < -0.39 is 60.3 Å². The Balaban J connectivity index is 1.45. The molecule has 0 N–H and O–H groups in total. The average molecular weight is 765 g/mol. The van der Waals surface area contributed by atoms with Crippen molar-refractivity contribution in [2.75, 3.05) is 6.61 Å². The molecule has 0 bridgehead atoms. The van der Waals surface area contributed by atoms with Gasteiger partial charge in [-0.15, -0.1) is 0 Å². The van der Waals surface area contributed by atoms with Crippen LogP contribution in [0.4, 0.5) is 0 Å². The number of carbonyl (C=O) groups excluding carboxylic acids is 3. The monoisotopic (exact) mass is 764 g/mol. The van der Waals surface area contributed by atoms with Crippen LogP contribution >= 0.6 is 0 Å². The number of benzene rings is 3. The van der Waals surface area contributed by atoms with Gasteiger partial charge in [0, 0.05) is 13.1 Å². The Morgan fingerprint density at radius 1 is 0.643 bits per heavy atom. The normalized spacial score (nSPS) is 17.8. The van der Waals surface area contributed by atoms with Crippen LogP contribution in [0.25, 0.3) is 11.2 Å². The number of aromatic nitrogens is 4. The van der Waals surface area contributed by atoms with Crippen molar-refractivity contribution in [1.82, 2.24) is 18.7 Å². The van der Waals surface area contributed by atoms with Gasteiger partial charge in [-0.2, -0.15) is 0 Å². The summed E-state index contributed by atoms with van der Waals surface area (Å²) in [5.74, 6) is -2.11. The Kier molecular flexibility index (Phi) is 13.6. The molecule has 0 radical (unpaired) electrons. The topological polar surface area (TPSA) is 150 Å². The number of hydrogen-bond acceptors (Lipinski definition) is 10. The minimum Gasteiger partial charge on any atom is -0.459 e. The van der Waals surface area contributed by atoms with Crippen LogP contribution in [-0.2, 0) is 32.0 Å². The fraction of sp³-hybridized carbons (Fsp3) is 0.395. The minimum absolute atomic E-state index is 0.0661. The highest BCUT2D eigenvalue weighted by Crippen LogP contribution is 2.36. The van der Waals surface area contributed by atoms with Gasteiger partial charge in [0.25, 0.3) is 5.56 Å². The molecule has 1 fully saturated rings. The second kappa shape index (κ2) is 19.2. The molecule has 294 valence electrons. The van der Waals surface area contributed by atoms with Crippen LogP contribution in [0, 0.1) is 0 Å². The van der Waals surface area contributed by atoms with Crippen molar-refractivity contribution in [2.45, 2.75) is 103 Å². The van der Waals surface area contributed by atoms with E-state index in [4.69, 9.17) is 18.9 Å². The zero-order valence-electron chi connectivity index (χ0n) is 31.8. The van der Waals surface area contributed by atoms with E-state index >= 15 is 0 Å². The number of esters is 3. The molecule has 6 rings (SSSR count). The van der Waals surface area contributed by atoms with Crippen LogP contribution in [0.3, 0.4) is 0 Å². The van der Waals surface area contributed by atoms with Crippen LogP contribution in [0.2, 0.25) is 0 Å². The van der Waals surface area contributed by atoms with Crippen LogP contribution in [-0.4, -0.2) is 61.5 Å². The lowest BCUT2D eigenvalue weighted by molar-refractivity contribution is -0.0605. The lowest BCUT2D eigenvalue weighted by Crippen LogP contribution is -2.42. The summed E-state index contributed by atoms with van der Waals surface area (Å²) in [6.45, 7) is 4.34. The minimum atomic E-state index is -1.37. The quantitative estimate of drug-likeness (QED) is 0.0534. The summed E-state index contributed by atoms with van der Waals surface area (Å²) in [4.78, 5) is 73.4. The molecule has 13 nitrogen and oxygen atoms in total. The van der Waals surface area contributed by atoms with Gasteiger partial charge in [0.15, 0.2) is 29.6 Å². The second-order valence-corrected chi connectivity index (χ2v) is 13.8. The lowest BCUT2D eigenvalue weighted by Gasteiger charge is -2.25. The van der Waals surface area contributed by atoms with E-state index in [0.717, 1.165) is 38.5 Å². The summed E-state index contributed by atoms with van der Waals surface area (Å²) in [6, 6.07) is 24.9. The van der Waals surface area contributed by atoms with Crippen molar-refractivity contribution < 1.29 is 33.3 Å². The first-order chi connectivity index (χ1) is 27.3. The fourth-order valence-corrected chi connectivity index (χ4v) is 6.87. The molecule has 0 amide bonds. The summed E-state index contributed by atoms with van der Waals surface area (Å²) < 4.78 is 28.7. The molecular weight excluding hydrogens is 716 g/mol. The summed E-state index contributed by atoms with van der Waals surface area (Å²) in [5, 5.41) is 0. The number of fused-ring (bicyclic) bond motifs is 1. The third kappa shape index (κ3) is 9.16. The molecule has 1 saturated heterocycles. The van der Waals surface area contributed by atoms with Gasteiger partial charge in [-0.1, -0.05) is 107 Å². The first-order valence-corrected chi connectivity index (χ1v) is 19.4. The van der Waals surface area contributed by atoms with E-state index in [1.54, 1.807) is 91.0 Å². The van der Waals surface area contributed by atoms with Gasteiger partial charge in [0.05, 0.1) is 16.7 Å². The standard InChI is InChI=1S/C43H48N4O9/c1-3-5-7-18-26-45-37-34(38(48)46(43(45)52)27-19-8-6-4-2)47(29-44-37)39-36(56-42(51)32-24-16-11-17-25-32)35(55-41(50)31-22-14-10-15-23-31)33(54-39)28-53-40(49)30-20-12-9-13-21-30/h9-17,20-25,29,33,35-36,39H,3-8,18-19,26-28H2,1-2H3/t33-,35-,36-,39-/m1/s1. The molecule has 0 unspecified atom stereocenters. The number of aryl methyl sites for hydroxylation is 1. The zero-order chi connectivity index (χ0) is 39.4.